The topological polar surface area (TPSA) is 67.9 Å². The largest absolute Gasteiger partial charge is 0.493 e. The fourth-order valence-electron chi connectivity index (χ4n) is 4.05. The predicted octanol–water partition coefficient (Wildman–Crippen LogP) is 4.88. The highest BCUT2D eigenvalue weighted by Gasteiger charge is 2.34. The van der Waals surface area contributed by atoms with Crippen molar-refractivity contribution in [3.05, 3.63) is 88.7 Å². The smallest absolute Gasteiger partial charge is 0.255 e. The standard InChI is InChI=1S/C26H25FN2O4/c1-16-8-10-19(13-21(16)27)28-25(30)14-22(17-9-11-23(32-2)24(12-17)33-3)29-15-18-6-4-5-7-20(18)26(29)31/h4-13,22H,14-15H2,1-3H3,(H,28,30)/t22-/m0/s1. The summed E-state index contributed by atoms with van der Waals surface area (Å²) in [6.07, 6.45) is -0.00922. The summed E-state index contributed by atoms with van der Waals surface area (Å²) in [6.45, 7) is 2.05. The molecular weight excluding hydrogens is 423 g/mol. The predicted molar refractivity (Wildman–Crippen MR) is 123 cm³/mol. The van der Waals surface area contributed by atoms with Crippen molar-refractivity contribution in [1.29, 1.82) is 0 Å². The highest BCUT2D eigenvalue weighted by molar-refractivity contribution is 5.99. The van der Waals surface area contributed by atoms with E-state index in [0.29, 0.717) is 34.9 Å². The minimum Gasteiger partial charge on any atom is -0.493 e. The maximum Gasteiger partial charge on any atom is 0.255 e. The molecule has 3 aromatic rings. The van der Waals surface area contributed by atoms with E-state index in [1.54, 1.807) is 49.3 Å². The highest BCUT2D eigenvalue weighted by Crippen LogP contribution is 2.37. The van der Waals surface area contributed by atoms with Gasteiger partial charge in [0.1, 0.15) is 5.82 Å². The van der Waals surface area contributed by atoms with E-state index in [1.807, 2.05) is 24.3 Å². The van der Waals surface area contributed by atoms with E-state index in [1.165, 1.54) is 13.2 Å². The number of aryl methyl sites for hydroxylation is 1. The Morgan fingerprint density at radius 3 is 2.52 bits per heavy atom. The number of carbonyl (C=O) groups is 2. The van der Waals surface area contributed by atoms with Gasteiger partial charge < -0.3 is 19.7 Å². The summed E-state index contributed by atoms with van der Waals surface area (Å²) in [6, 6.07) is 16.8. The average molecular weight is 448 g/mol. The molecule has 0 saturated carbocycles. The third-order valence-electron chi connectivity index (χ3n) is 5.85. The van der Waals surface area contributed by atoms with Gasteiger partial charge in [0, 0.05) is 17.8 Å². The molecule has 7 heteroatoms. The fourth-order valence-corrected chi connectivity index (χ4v) is 4.05. The van der Waals surface area contributed by atoms with Crippen LogP contribution in [-0.2, 0) is 11.3 Å². The van der Waals surface area contributed by atoms with Gasteiger partial charge in [-0.3, -0.25) is 9.59 Å². The number of ether oxygens (including phenoxy) is 2. The molecule has 0 radical (unpaired) electrons. The van der Waals surface area contributed by atoms with E-state index in [0.717, 1.165) is 11.1 Å². The molecule has 0 bridgehead atoms. The number of carbonyl (C=O) groups excluding carboxylic acids is 2. The number of rotatable bonds is 7. The monoisotopic (exact) mass is 448 g/mol. The Labute approximate surface area is 191 Å². The van der Waals surface area contributed by atoms with Crippen molar-refractivity contribution in [1.82, 2.24) is 4.90 Å². The van der Waals surface area contributed by atoms with Crippen molar-refractivity contribution in [2.75, 3.05) is 19.5 Å². The van der Waals surface area contributed by atoms with Crippen molar-refractivity contribution in [3.63, 3.8) is 0 Å². The molecule has 0 spiro atoms. The van der Waals surface area contributed by atoms with Gasteiger partial charge in [0.15, 0.2) is 11.5 Å². The summed E-state index contributed by atoms with van der Waals surface area (Å²) >= 11 is 0. The Balaban J connectivity index is 1.65. The first-order valence-electron chi connectivity index (χ1n) is 10.6. The summed E-state index contributed by atoms with van der Waals surface area (Å²) < 4.78 is 24.7. The molecule has 1 N–H and O–H groups in total. The Kier molecular flexibility index (Phi) is 6.31. The lowest BCUT2D eigenvalue weighted by molar-refractivity contribution is -0.117. The van der Waals surface area contributed by atoms with Crippen LogP contribution in [0.25, 0.3) is 0 Å². The molecule has 2 amide bonds. The van der Waals surface area contributed by atoms with Crippen LogP contribution in [0.1, 0.15) is 39.5 Å². The molecule has 0 fully saturated rings. The summed E-state index contributed by atoms with van der Waals surface area (Å²) in [5, 5.41) is 2.75. The van der Waals surface area contributed by atoms with Gasteiger partial charge in [0.2, 0.25) is 5.91 Å². The van der Waals surface area contributed by atoms with Gasteiger partial charge >= 0.3 is 0 Å². The highest BCUT2D eigenvalue weighted by atomic mass is 19.1. The minimum atomic E-state index is -0.556. The van der Waals surface area contributed by atoms with Crippen molar-refractivity contribution >= 4 is 17.5 Å². The van der Waals surface area contributed by atoms with E-state index in [4.69, 9.17) is 9.47 Å². The molecule has 0 aliphatic carbocycles. The second-order valence-electron chi connectivity index (χ2n) is 7.94. The van der Waals surface area contributed by atoms with Crippen molar-refractivity contribution in [2.45, 2.75) is 25.9 Å². The lowest BCUT2D eigenvalue weighted by Crippen LogP contribution is -2.32. The number of amides is 2. The number of halogens is 1. The zero-order valence-corrected chi connectivity index (χ0v) is 18.7. The molecule has 0 aromatic heterocycles. The molecule has 33 heavy (non-hydrogen) atoms. The summed E-state index contributed by atoms with van der Waals surface area (Å²) in [4.78, 5) is 27.9. The van der Waals surface area contributed by atoms with Crippen LogP contribution in [-0.4, -0.2) is 30.9 Å². The van der Waals surface area contributed by atoms with E-state index >= 15 is 0 Å². The molecule has 1 heterocycles. The van der Waals surface area contributed by atoms with Gasteiger partial charge in [-0.25, -0.2) is 4.39 Å². The third-order valence-corrected chi connectivity index (χ3v) is 5.85. The second-order valence-corrected chi connectivity index (χ2v) is 7.94. The summed E-state index contributed by atoms with van der Waals surface area (Å²) in [5.74, 6) is 0.191. The molecular formula is C26H25FN2O4. The van der Waals surface area contributed by atoms with Crippen LogP contribution in [0.3, 0.4) is 0 Å². The molecule has 1 atom stereocenters. The van der Waals surface area contributed by atoms with Crippen LogP contribution in [0, 0.1) is 12.7 Å². The SMILES string of the molecule is COc1ccc([C@H](CC(=O)Nc2ccc(C)c(F)c2)N2Cc3ccccc3C2=O)cc1OC. The van der Waals surface area contributed by atoms with E-state index in [2.05, 4.69) is 5.32 Å². The van der Waals surface area contributed by atoms with Crippen LogP contribution in [0.2, 0.25) is 0 Å². The van der Waals surface area contributed by atoms with Crippen LogP contribution in [0.5, 0.6) is 11.5 Å². The van der Waals surface area contributed by atoms with Crippen molar-refractivity contribution in [2.24, 2.45) is 0 Å². The molecule has 1 aliphatic rings. The first kappa shape index (κ1) is 22.3. The lowest BCUT2D eigenvalue weighted by atomic mass is 10.0. The van der Waals surface area contributed by atoms with Gasteiger partial charge in [-0.05, 0) is 53.9 Å². The molecule has 0 saturated heterocycles. The zero-order chi connectivity index (χ0) is 23.5. The van der Waals surface area contributed by atoms with Gasteiger partial charge in [0.05, 0.1) is 26.7 Å². The quantitative estimate of drug-likeness (QED) is 0.560. The maximum atomic E-state index is 13.9. The zero-order valence-electron chi connectivity index (χ0n) is 18.7. The van der Waals surface area contributed by atoms with E-state index in [9.17, 15) is 14.0 Å². The summed E-state index contributed by atoms with van der Waals surface area (Å²) in [7, 11) is 3.08. The number of benzene rings is 3. The first-order chi connectivity index (χ1) is 15.9. The fraction of sp³-hybridized carbons (Fsp3) is 0.231. The number of fused-ring (bicyclic) bond motifs is 1. The van der Waals surface area contributed by atoms with Crippen LogP contribution in [0.15, 0.2) is 60.7 Å². The molecule has 3 aromatic carbocycles. The van der Waals surface area contributed by atoms with E-state index < -0.39 is 11.9 Å². The Hall–Kier alpha value is -3.87. The van der Waals surface area contributed by atoms with Crippen LogP contribution in [0.4, 0.5) is 10.1 Å². The number of nitrogens with zero attached hydrogens (tertiary/aromatic N) is 1. The third kappa shape index (κ3) is 4.53. The number of hydrogen-bond donors (Lipinski definition) is 1. The first-order valence-corrected chi connectivity index (χ1v) is 10.6. The second kappa shape index (κ2) is 9.32. The Morgan fingerprint density at radius 2 is 1.82 bits per heavy atom. The molecule has 6 nitrogen and oxygen atoms in total. The molecule has 1 aliphatic heterocycles. The Morgan fingerprint density at radius 1 is 1.06 bits per heavy atom. The lowest BCUT2D eigenvalue weighted by Gasteiger charge is -2.28. The van der Waals surface area contributed by atoms with E-state index in [-0.39, 0.29) is 18.2 Å². The average Bonchev–Trinajstić information content (AvgIpc) is 3.15. The number of anilines is 1. The van der Waals surface area contributed by atoms with Crippen molar-refractivity contribution in [3.8, 4) is 11.5 Å². The van der Waals surface area contributed by atoms with Crippen molar-refractivity contribution < 1.29 is 23.5 Å². The normalized spacial score (nSPS) is 13.5. The van der Waals surface area contributed by atoms with Gasteiger partial charge in [-0.1, -0.05) is 30.3 Å². The molecule has 170 valence electrons. The maximum absolute atomic E-state index is 13.9. The van der Waals surface area contributed by atoms with Gasteiger partial charge in [-0.2, -0.15) is 0 Å². The number of hydrogen-bond acceptors (Lipinski definition) is 4. The minimum absolute atomic E-state index is 0.00922. The molecule has 0 unspecified atom stereocenters. The van der Waals surface area contributed by atoms with Crippen LogP contribution < -0.4 is 14.8 Å². The van der Waals surface area contributed by atoms with Gasteiger partial charge in [-0.15, -0.1) is 0 Å². The van der Waals surface area contributed by atoms with Crippen LogP contribution >= 0.6 is 0 Å². The van der Waals surface area contributed by atoms with Gasteiger partial charge in [0.25, 0.3) is 5.91 Å². The number of nitrogens with one attached hydrogen (secondary N) is 1. The molecule has 4 rings (SSSR count). The Bertz CT molecular complexity index is 1210. The summed E-state index contributed by atoms with van der Waals surface area (Å²) in [5.41, 5.74) is 3.14. The number of methoxy groups -OCH3 is 2.